The van der Waals surface area contributed by atoms with Gasteiger partial charge in [-0.25, -0.2) is 4.79 Å². The number of quaternary nitrogens is 1. The second-order valence-electron chi connectivity index (χ2n) is 8.19. The SMILES string of the molecule is COc1ccc2c(ccn2CCCCCOC(=O)c2ccc([N+](C)(C)C)cc2)c1.[I-]. The number of hydrogen-bond acceptors (Lipinski definition) is 3. The number of rotatable bonds is 9. The maximum absolute atomic E-state index is 12.2. The van der Waals surface area contributed by atoms with E-state index in [1.165, 1.54) is 10.9 Å². The molecular formula is C24H31IN2O3. The molecule has 0 aliphatic rings. The van der Waals surface area contributed by atoms with Crippen molar-refractivity contribution in [3.05, 3.63) is 60.3 Å². The number of nitrogens with zero attached hydrogens (tertiary/aromatic N) is 2. The largest absolute Gasteiger partial charge is 1.00 e. The second kappa shape index (κ2) is 10.8. The van der Waals surface area contributed by atoms with E-state index in [4.69, 9.17) is 9.47 Å². The van der Waals surface area contributed by atoms with Crippen LogP contribution in [0.2, 0.25) is 0 Å². The van der Waals surface area contributed by atoms with Crippen molar-refractivity contribution in [3.8, 4) is 5.75 Å². The molecule has 3 aromatic rings. The summed E-state index contributed by atoms with van der Waals surface area (Å²) >= 11 is 0. The van der Waals surface area contributed by atoms with E-state index in [-0.39, 0.29) is 29.9 Å². The molecule has 162 valence electrons. The van der Waals surface area contributed by atoms with Crippen LogP contribution in [-0.2, 0) is 11.3 Å². The summed E-state index contributed by atoms with van der Waals surface area (Å²) in [5, 5.41) is 1.19. The molecule has 0 amide bonds. The number of carbonyl (C=O) groups is 1. The molecule has 0 radical (unpaired) electrons. The Balaban J connectivity index is 0.00000320. The fraction of sp³-hybridized carbons (Fsp3) is 0.375. The van der Waals surface area contributed by atoms with Crippen LogP contribution in [0.5, 0.6) is 5.75 Å². The maximum Gasteiger partial charge on any atom is 0.338 e. The monoisotopic (exact) mass is 522 g/mol. The van der Waals surface area contributed by atoms with Crippen molar-refractivity contribution in [2.24, 2.45) is 0 Å². The summed E-state index contributed by atoms with van der Waals surface area (Å²) < 4.78 is 13.7. The zero-order chi connectivity index (χ0) is 20.9. The lowest BCUT2D eigenvalue weighted by Crippen LogP contribution is -3.00. The zero-order valence-corrected chi connectivity index (χ0v) is 20.4. The molecule has 1 aromatic heterocycles. The van der Waals surface area contributed by atoms with E-state index in [1.54, 1.807) is 7.11 Å². The van der Waals surface area contributed by atoms with E-state index in [0.717, 1.165) is 41.7 Å². The molecule has 3 rings (SSSR count). The van der Waals surface area contributed by atoms with Gasteiger partial charge in [-0.3, -0.25) is 4.48 Å². The Bertz CT molecular complexity index is 959. The third-order valence-electron chi connectivity index (χ3n) is 5.13. The Hall–Kier alpha value is -2.06. The Morgan fingerprint density at radius 1 is 0.967 bits per heavy atom. The van der Waals surface area contributed by atoms with Crippen molar-refractivity contribution >= 4 is 22.6 Å². The molecule has 0 atom stereocenters. The molecule has 5 nitrogen and oxygen atoms in total. The van der Waals surface area contributed by atoms with Gasteiger partial charge in [-0.1, -0.05) is 0 Å². The van der Waals surface area contributed by atoms with Crippen LogP contribution in [0.1, 0.15) is 29.6 Å². The highest BCUT2D eigenvalue weighted by Crippen LogP contribution is 2.22. The number of methoxy groups -OCH3 is 1. The van der Waals surface area contributed by atoms with Crippen LogP contribution >= 0.6 is 0 Å². The maximum atomic E-state index is 12.2. The van der Waals surface area contributed by atoms with Gasteiger partial charge >= 0.3 is 5.97 Å². The van der Waals surface area contributed by atoms with Gasteiger partial charge in [-0.15, -0.1) is 0 Å². The van der Waals surface area contributed by atoms with Crippen LogP contribution in [0, 0.1) is 0 Å². The number of hydrogen-bond donors (Lipinski definition) is 0. The molecule has 0 fully saturated rings. The van der Waals surface area contributed by atoms with E-state index in [2.05, 4.69) is 50.1 Å². The molecule has 0 saturated carbocycles. The molecule has 0 bridgehead atoms. The van der Waals surface area contributed by atoms with Crippen molar-refractivity contribution in [2.45, 2.75) is 25.8 Å². The highest BCUT2D eigenvalue weighted by atomic mass is 127. The third-order valence-corrected chi connectivity index (χ3v) is 5.13. The minimum Gasteiger partial charge on any atom is -1.00 e. The third kappa shape index (κ3) is 6.22. The number of aromatic nitrogens is 1. The van der Waals surface area contributed by atoms with E-state index >= 15 is 0 Å². The lowest BCUT2D eigenvalue weighted by Gasteiger charge is -2.23. The molecule has 30 heavy (non-hydrogen) atoms. The van der Waals surface area contributed by atoms with Gasteiger partial charge in [0.25, 0.3) is 0 Å². The topological polar surface area (TPSA) is 40.5 Å². The average molecular weight is 522 g/mol. The van der Waals surface area contributed by atoms with E-state index in [1.807, 2.05) is 30.3 Å². The Labute approximate surface area is 196 Å². The van der Waals surface area contributed by atoms with E-state index < -0.39 is 0 Å². The molecule has 0 unspecified atom stereocenters. The number of esters is 1. The number of ether oxygens (including phenoxy) is 2. The van der Waals surface area contributed by atoms with Gasteiger partial charge in [0.15, 0.2) is 0 Å². The average Bonchev–Trinajstić information content (AvgIpc) is 3.12. The Morgan fingerprint density at radius 2 is 1.70 bits per heavy atom. The van der Waals surface area contributed by atoms with Gasteiger partial charge in [0.2, 0.25) is 0 Å². The van der Waals surface area contributed by atoms with E-state index in [0.29, 0.717) is 12.2 Å². The molecule has 1 heterocycles. The van der Waals surface area contributed by atoms with Gasteiger partial charge in [-0.2, -0.15) is 0 Å². The second-order valence-corrected chi connectivity index (χ2v) is 8.19. The number of fused-ring (bicyclic) bond motifs is 1. The summed E-state index contributed by atoms with van der Waals surface area (Å²) in [6, 6.07) is 15.9. The van der Waals surface area contributed by atoms with Gasteiger partial charge in [0, 0.05) is 23.6 Å². The van der Waals surface area contributed by atoms with Crippen LogP contribution in [0.15, 0.2) is 54.7 Å². The number of aryl methyl sites for hydroxylation is 1. The first kappa shape index (κ1) is 24.2. The number of halogens is 1. The number of benzene rings is 2. The molecule has 0 saturated heterocycles. The molecule has 0 N–H and O–H groups in total. The summed E-state index contributed by atoms with van der Waals surface area (Å²) in [4.78, 5) is 12.2. The van der Waals surface area contributed by atoms with Crippen LogP contribution in [-0.4, -0.2) is 45.4 Å². The van der Waals surface area contributed by atoms with Gasteiger partial charge in [0.05, 0.1) is 40.4 Å². The minimum atomic E-state index is -0.247. The van der Waals surface area contributed by atoms with Crippen molar-refractivity contribution in [1.29, 1.82) is 0 Å². The van der Waals surface area contributed by atoms with Gasteiger partial charge in [0.1, 0.15) is 11.4 Å². The molecule has 0 spiro atoms. The normalized spacial score (nSPS) is 11.2. The van der Waals surface area contributed by atoms with Crippen LogP contribution < -0.4 is 33.2 Å². The van der Waals surface area contributed by atoms with E-state index in [9.17, 15) is 4.79 Å². The quantitative estimate of drug-likeness (QED) is 0.187. The fourth-order valence-corrected chi connectivity index (χ4v) is 3.35. The smallest absolute Gasteiger partial charge is 0.338 e. The van der Waals surface area contributed by atoms with Crippen LogP contribution in [0.3, 0.4) is 0 Å². The fourth-order valence-electron chi connectivity index (χ4n) is 3.35. The van der Waals surface area contributed by atoms with Crippen molar-refractivity contribution in [3.63, 3.8) is 0 Å². The first-order valence-corrected chi connectivity index (χ1v) is 10.1. The predicted molar refractivity (Wildman–Crippen MR) is 119 cm³/mol. The Morgan fingerprint density at radius 3 is 2.37 bits per heavy atom. The van der Waals surface area contributed by atoms with Crippen molar-refractivity contribution < 1.29 is 38.2 Å². The van der Waals surface area contributed by atoms with Crippen LogP contribution in [0.4, 0.5) is 5.69 Å². The Kier molecular flexibility index (Phi) is 8.73. The summed E-state index contributed by atoms with van der Waals surface area (Å²) in [7, 11) is 7.98. The van der Waals surface area contributed by atoms with Gasteiger partial charge in [-0.05, 0) is 67.8 Å². The zero-order valence-electron chi connectivity index (χ0n) is 18.2. The summed E-state index contributed by atoms with van der Waals surface area (Å²) in [6.45, 7) is 1.41. The molecule has 0 aliphatic heterocycles. The highest BCUT2D eigenvalue weighted by molar-refractivity contribution is 5.89. The minimum absolute atomic E-state index is 0. The highest BCUT2D eigenvalue weighted by Gasteiger charge is 2.13. The molecule has 2 aromatic carbocycles. The number of carbonyl (C=O) groups excluding carboxylic acids is 1. The molecule has 0 aliphatic carbocycles. The molecular weight excluding hydrogens is 491 g/mol. The lowest BCUT2D eigenvalue weighted by atomic mass is 10.2. The van der Waals surface area contributed by atoms with Crippen molar-refractivity contribution in [1.82, 2.24) is 9.05 Å². The summed E-state index contributed by atoms with van der Waals surface area (Å²) in [5.41, 5.74) is 2.98. The predicted octanol–water partition coefficient (Wildman–Crippen LogP) is 1.88. The van der Waals surface area contributed by atoms with Crippen LogP contribution in [0.25, 0.3) is 10.9 Å². The van der Waals surface area contributed by atoms with Gasteiger partial charge < -0.3 is 38.0 Å². The molecule has 6 heteroatoms. The van der Waals surface area contributed by atoms with Crippen molar-refractivity contribution in [2.75, 3.05) is 34.9 Å². The summed E-state index contributed by atoms with van der Waals surface area (Å²) in [5.74, 6) is 0.632. The lowest BCUT2D eigenvalue weighted by molar-refractivity contribution is -0.0000247. The first-order chi connectivity index (χ1) is 13.9. The first-order valence-electron chi connectivity index (χ1n) is 10.1. The standard InChI is InChI=1S/C24H31N2O3.HI/c1-26(2,3)21-10-8-19(9-11-21)24(27)29-17-7-5-6-15-25-16-14-20-18-22(28-4)12-13-23(20)25;/h8-14,16,18H,5-7,15,17H2,1-4H3;1H/q+1;/p-1. The summed E-state index contributed by atoms with van der Waals surface area (Å²) in [6.07, 6.45) is 5.05. The number of unbranched alkanes of at least 4 members (excludes halogenated alkanes) is 2.